The largest absolute Gasteiger partial charge is 0.348 e. The van der Waals surface area contributed by atoms with Crippen molar-refractivity contribution < 1.29 is 14.0 Å². The molecule has 37 heavy (non-hydrogen) atoms. The average Bonchev–Trinajstić information content (AvgIpc) is 3.28. The van der Waals surface area contributed by atoms with E-state index in [4.69, 9.17) is 28.9 Å². The zero-order chi connectivity index (χ0) is 26.1. The van der Waals surface area contributed by atoms with E-state index in [-0.39, 0.29) is 45.1 Å². The Morgan fingerprint density at radius 2 is 1.76 bits per heavy atom. The number of carbonyl (C=O) groups is 2. The lowest BCUT2D eigenvalue weighted by Gasteiger charge is -2.32. The van der Waals surface area contributed by atoms with Crippen molar-refractivity contribution in [3.8, 4) is 16.9 Å². The number of rotatable bonds is 6. The third-order valence-corrected chi connectivity index (χ3v) is 6.62. The molecule has 0 saturated heterocycles. The zero-order valence-corrected chi connectivity index (χ0v) is 20.8. The lowest BCUT2D eigenvalue weighted by molar-refractivity contribution is 0.0904. The zero-order valence-electron chi connectivity index (χ0n) is 19.3. The fourth-order valence-electron chi connectivity index (χ4n) is 4.02. The van der Waals surface area contributed by atoms with Gasteiger partial charge in [0.25, 0.3) is 11.8 Å². The number of pyridine rings is 1. The summed E-state index contributed by atoms with van der Waals surface area (Å²) in [6.45, 7) is 0. The molecule has 2 aromatic carbocycles. The maximum absolute atomic E-state index is 13.3. The van der Waals surface area contributed by atoms with Gasteiger partial charge in [-0.3, -0.25) is 14.6 Å². The first-order valence-corrected chi connectivity index (χ1v) is 12.2. The Labute approximate surface area is 221 Å². The van der Waals surface area contributed by atoms with Crippen molar-refractivity contribution in [1.29, 1.82) is 0 Å². The molecule has 1 saturated carbocycles. The molecule has 1 aliphatic rings. The van der Waals surface area contributed by atoms with Crippen LogP contribution in [0, 0.1) is 5.82 Å². The number of nitrogens with two attached hydrogens (primary N) is 1. The van der Waals surface area contributed by atoms with Crippen molar-refractivity contribution in [3.05, 3.63) is 94.0 Å². The lowest BCUT2D eigenvalue weighted by Crippen LogP contribution is -2.50. The minimum atomic E-state index is -0.556. The van der Waals surface area contributed by atoms with Crippen molar-refractivity contribution >= 4 is 40.8 Å². The van der Waals surface area contributed by atoms with Crippen LogP contribution >= 0.6 is 23.2 Å². The molecule has 0 bridgehead atoms. The van der Waals surface area contributed by atoms with E-state index in [2.05, 4.69) is 20.7 Å². The Morgan fingerprint density at radius 1 is 1.00 bits per heavy atom. The highest BCUT2D eigenvalue weighted by atomic mass is 35.5. The maximum Gasteiger partial charge on any atom is 0.272 e. The topological polar surface area (TPSA) is 115 Å². The molecule has 0 spiro atoms. The van der Waals surface area contributed by atoms with Gasteiger partial charge < -0.3 is 16.4 Å². The minimum absolute atomic E-state index is 0.00576. The fraction of sp³-hybridized carbons (Fsp3) is 0.154. The van der Waals surface area contributed by atoms with E-state index in [0.717, 1.165) is 6.20 Å². The van der Waals surface area contributed by atoms with Crippen LogP contribution in [0.25, 0.3) is 16.9 Å². The smallest absolute Gasteiger partial charge is 0.272 e. The summed E-state index contributed by atoms with van der Waals surface area (Å²) in [5.74, 6) is -1.16. The van der Waals surface area contributed by atoms with E-state index in [1.807, 2.05) is 18.2 Å². The third kappa shape index (κ3) is 5.34. The molecule has 1 fully saturated rings. The summed E-state index contributed by atoms with van der Waals surface area (Å²) in [5.41, 5.74) is 7.49. The number of benzene rings is 2. The van der Waals surface area contributed by atoms with Crippen LogP contribution in [-0.2, 0) is 0 Å². The molecule has 8 nitrogen and oxygen atoms in total. The molecular weight excluding hydrogens is 518 g/mol. The number of carbonyl (C=O) groups excluding carboxylic acids is 2. The van der Waals surface area contributed by atoms with Gasteiger partial charge in [-0.25, -0.2) is 9.07 Å². The Morgan fingerprint density at radius 3 is 2.43 bits per heavy atom. The number of halogens is 3. The van der Waals surface area contributed by atoms with Crippen LogP contribution in [-0.4, -0.2) is 38.7 Å². The Hall–Kier alpha value is -3.79. The van der Waals surface area contributed by atoms with E-state index >= 15 is 0 Å². The van der Waals surface area contributed by atoms with Crippen molar-refractivity contribution in [2.75, 3.05) is 5.32 Å². The first kappa shape index (κ1) is 24.9. The van der Waals surface area contributed by atoms with Crippen LogP contribution in [0.1, 0.15) is 33.7 Å². The highest BCUT2D eigenvalue weighted by molar-refractivity contribution is 6.38. The number of hydrogen-bond acceptors (Lipinski definition) is 5. The Kier molecular flexibility index (Phi) is 6.92. The summed E-state index contributed by atoms with van der Waals surface area (Å²) < 4.78 is 14.8. The highest BCUT2D eigenvalue weighted by Gasteiger charge is 2.29. The molecule has 5 rings (SSSR count). The van der Waals surface area contributed by atoms with Gasteiger partial charge in [0.1, 0.15) is 11.6 Å². The van der Waals surface area contributed by atoms with Crippen molar-refractivity contribution in [2.24, 2.45) is 5.73 Å². The second kappa shape index (κ2) is 10.3. The van der Waals surface area contributed by atoms with Gasteiger partial charge in [0.2, 0.25) is 0 Å². The van der Waals surface area contributed by atoms with Crippen LogP contribution < -0.4 is 16.4 Å². The van der Waals surface area contributed by atoms with E-state index in [9.17, 15) is 14.0 Å². The van der Waals surface area contributed by atoms with Crippen molar-refractivity contribution in [2.45, 2.75) is 24.9 Å². The van der Waals surface area contributed by atoms with Crippen LogP contribution in [0.15, 0.2) is 66.9 Å². The van der Waals surface area contributed by atoms with Crippen LogP contribution in [0.2, 0.25) is 10.0 Å². The van der Waals surface area contributed by atoms with Gasteiger partial charge >= 0.3 is 0 Å². The van der Waals surface area contributed by atoms with Crippen molar-refractivity contribution in [1.82, 2.24) is 20.1 Å². The molecule has 4 aromatic rings. The molecule has 0 aliphatic heterocycles. The SMILES string of the molecule is NC1CC(NC(=O)c2cc(NC(=O)c3cc(-c4ccc(F)cn4)c(Cl)cc3Cl)n(-c3ccccc3)n2)C1. The number of anilines is 1. The van der Waals surface area contributed by atoms with Gasteiger partial charge in [-0.15, -0.1) is 0 Å². The number of aromatic nitrogens is 3. The molecule has 4 N–H and O–H groups in total. The van der Waals surface area contributed by atoms with Crippen LogP contribution in [0.3, 0.4) is 0 Å². The fourth-order valence-corrected chi connectivity index (χ4v) is 4.59. The number of hydrogen-bond donors (Lipinski definition) is 3. The predicted molar refractivity (Wildman–Crippen MR) is 140 cm³/mol. The van der Waals surface area contributed by atoms with Gasteiger partial charge in [-0.05, 0) is 49.2 Å². The molecule has 0 atom stereocenters. The summed E-state index contributed by atoms with van der Waals surface area (Å²) in [4.78, 5) is 30.2. The molecule has 2 aromatic heterocycles. The third-order valence-electron chi connectivity index (χ3n) is 6.00. The Bertz CT molecular complexity index is 1470. The molecule has 2 amide bonds. The normalized spacial score (nSPS) is 16.6. The molecular formula is C26H21Cl2FN6O2. The van der Waals surface area contributed by atoms with E-state index in [1.165, 1.54) is 35.0 Å². The van der Waals surface area contributed by atoms with Crippen molar-refractivity contribution in [3.63, 3.8) is 0 Å². The summed E-state index contributed by atoms with van der Waals surface area (Å²) in [6, 6.07) is 16.2. The Balaban J connectivity index is 1.46. The molecule has 2 heterocycles. The molecule has 1 aliphatic carbocycles. The first-order valence-electron chi connectivity index (χ1n) is 11.4. The first-order chi connectivity index (χ1) is 17.8. The van der Waals surface area contributed by atoms with Gasteiger partial charge in [0.15, 0.2) is 5.69 Å². The lowest BCUT2D eigenvalue weighted by atomic mass is 9.87. The molecule has 0 unspecified atom stereocenters. The standard InChI is InChI=1S/C26H21Cl2FN6O2/c27-20-11-21(28)19(10-18(20)22-7-6-14(29)13-31-22)25(36)33-24-12-23(26(37)32-16-8-15(30)9-16)34-35(24)17-4-2-1-3-5-17/h1-7,10-13,15-16H,8-9,30H2,(H,32,37)(H,33,36). The average molecular weight is 539 g/mol. The number of amides is 2. The van der Waals surface area contributed by atoms with Gasteiger partial charge in [0, 0.05) is 23.7 Å². The summed E-state index contributed by atoms with van der Waals surface area (Å²) in [7, 11) is 0. The number of para-hydroxylation sites is 1. The van der Waals surface area contributed by atoms with Gasteiger partial charge in [0.05, 0.1) is 33.2 Å². The summed E-state index contributed by atoms with van der Waals surface area (Å²) >= 11 is 12.7. The predicted octanol–water partition coefficient (Wildman–Crippen LogP) is 4.85. The molecule has 11 heteroatoms. The number of nitrogens with one attached hydrogen (secondary N) is 2. The highest BCUT2D eigenvalue weighted by Crippen LogP contribution is 2.33. The number of nitrogens with zero attached hydrogens (tertiary/aromatic N) is 3. The molecule has 0 radical (unpaired) electrons. The maximum atomic E-state index is 13.3. The van der Waals surface area contributed by atoms with E-state index in [1.54, 1.807) is 12.1 Å². The summed E-state index contributed by atoms with van der Waals surface area (Å²) in [5, 5.41) is 10.5. The van der Waals surface area contributed by atoms with E-state index in [0.29, 0.717) is 29.8 Å². The van der Waals surface area contributed by atoms with Crippen LogP contribution in [0.4, 0.5) is 10.2 Å². The van der Waals surface area contributed by atoms with E-state index < -0.39 is 11.7 Å². The van der Waals surface area contributed by atoms with Gasteiger partial charge in [-0.2, -0.15) is 5.10 Å². The monoisotopic (exact) mass is 538 g/mol. The molecule has 188 valence electrons. The quantitative estimate of drug-likeness (QED) is 0.324. The second-order valence-electron chi connectivity index (χ2n) is 8.69. The second-order valence-corrected chi connectivity index (χ2v) is 9.51. The summed E-state index contributed by atoms with van der Waals surface area (Å²) in [6.07, 6.45) is 2.46. The van der Waals surface area contributed by atoms with Crippen LogP contribution in [0.5, 0.6) is 0 Å². The van der Waals surface area contributed by atoms with Gasteiger partial charge in [-0.1, -0.05) is 41.4 Å². The minimum Gasteiger partial charge on any atom is -0.348 e.